The van der Waals surface area contributed by atoms with Gasteiger partial charge in [-0.2, -0.15) is 0 Å². The fourth-order valence-corrected chi connectivity index (χ4v) is 1.93. The van der Waals surface area contributed by atoms with E-state index >= 15 is 0 Å². The van der Waals surface area contributed by atoms with Crippen LogP contribution in [0, 0.1) is 0 Å². The second-order valence-corrected chi connectivity index (χ2v) is 4.11. The molecule has 5 nitrogen and oxygen atoms in total. The number of hydrogen-bond donors (Lipinski definition) is 0. The number of nitrogens with zero attached hydrogens (tertiary/aromatic N) is 2. The second-order valence-electron chi connectivity index (χ2n) is 4.11. The van der Waals surface area contributed by atoms with Crippen molar-refractivity contribution in [3.8, 4) is 11.5 Å². The van der Waals surface area contributed by atoms with Gasteiger partial charge in [-0.3, -0.25) is 0 Å². The van der Waals surface area contributed by atoms with E-state index in [4.69, 9.17) is 9.15 Å². The minimum atomic E-state index is -0.503. The Morgan fingerprint density at radius 2 is 1.90 bits per heavy atom. The van der Waals surface area contributed by atoms with E-state index in [9.17, 15) is 4.79 Å². The molecule has 2 aromatic heterocycles. The number of carbonyl (C=O) groups excluding carboxylic acids is 1. The van der Waals surface area contributed by atoms with Crippen molar-refractivity contribution in [1.82, 2.24) is 9.97 Å². The van der Waals surface area contributed by atoms with Crippen LogP contribution >= 0.6 is 0 Å². The van der Waals surface area contributed by atoms with Crippen molar-refractivity contribution >= 4 is 17.0 Å². The predicted molar refractivity (Wildman–Crippen MR) is 73.2 cm³/mol. The molecule has 100 valence electrons. The molecule has 0 aliphatic carbocycles. The van der Waals surface area contributed by atoms with E-state index in [0.29, 0.717) is 22.5 Å². The van der Waals surface area contributed by atoms with Crippen LogP contribution in [0.5, 0.6) is 0 Å². The first kappa shape index (κ1) is 12.3. The van der Waals surface area contributed by atoms with Crippen molar-refractivity contribution in [3.05, 3.63) is 48.4 Å². The average Bonchev–Trinajstić information content (AvgIpc) is 3.00. The number of carbonyl (C=O) groups is 1. The molecule has 0 aliphatic rings. The molecule has 3 rings (SSSR count). The Labute approximate surface area is 115 Å². The van der Waals surface area contributed by atoms with Gasteiger partial charge in [-0.25, -0.2) is 14.8 Å². The summed E-state index contributed by atoms with van der Waals surface area (Å²) in [6.07, 6.45) is 1.53. The molecule has 0 unspecified atom stereocenters. The van der Waals surface area contributed by atoms with E-state index in [1.165, 1.54) is 6.26 Å². The van der Waals surface area contributed by atoms with Gasteiger partial charge in [-0.1, -0.05) is 12.1 Å². The van der Waals surface area contributed by atoms with Crippen LogP contribution in [-0.4, -0.2) is 22.5 Å². The summed E-state index contributed by atoms with van der Waals surface area (Å²) >= 11 is 0. The zero-order chi connectivity index (χ0) is 13.9. The Balaban J connectivity index is 2.23. The molecular weight excluding hydrogens is 256 g/mol. The summed E-state index contributed by atoms with van der Waals surface area (Å²) in [4.78, 5) is 20.9. The maximum absolute atomic E-state index is 12.0. The fraction of sp³-hybridized carbons (Fsp3) is 0.133. The lowest BCUT2D eigenvalue weighted by atomic mass is 10.2. The monoisotopic (exact) mass is 268 g/mol. The molecule has 0 bridgehead atoms. The van der Waals surface area contributed by atoms with Crippen LogP contribution in [0.3, 0.4) is 0 Å². The maximum atomic E-state index is 12.0. The first-order valence-electron chi connectivity index (χ1n) is 6.27. The summed E-state index contributed by atoms with van der Waals surface area (Å²) in [5.41, 5.74) is 1.91. The Kier molecular flexibility index (Phi) is 3.16. The summed E-state index contributed by atoms with van der Waals surface area (Å²) in [6, 6.07) is 10.8. The van der Waals surface area contributed by atoms with Gasteiger partial charge in [0.05, 0.1) is 23.9 Å². The van der Waals surface area contributed by atoms with Crippen LogP contribution < -0.4 is 0 Å². The summed E-state index contributed by atoms with van der Waals surface area (Å²) in [7, 11) is 0. The molecule has 0 aliphatic heterocycles. The summed E-state index contributed by atoms with van der Waals surface area (Å²) in [5, 5.41) is 0. The number of hydrogen-bond acceptors (Lipinski definition) is 5. The van der Waals surface area contributed by atoms with Gasteiger partial charge in [-0.05, 0) is 31.2 Å². The third-order valence-corrected chi connectivity index (χ3v) is 2.79. The number of furan rings is 1. The molecular formula is C15H12N2O3. The van der Waals surface area contributed by atoms with Gasteiger partial charge in [-0.15, -0.1) is 0 Å². The normalized spacial score (nSPS) is 10.7. The Morgan fingerprint density at radius 1 is 1.15 bits per heavy atom. The first-order chi connectivity index (χ1) is 9.79. The van der Waals surface area contributed by atoms with Crippen molar-refractivity contribution in [2.45, 2.75) is 6.92 Å². The maximum Gasteiger partial charge on any atom is 0.359 e. The van der Waals surface area contributed by atoms with E-state index in [1.54, 1.807) is 25.1 Å². The molecule has 1 aromatic carbocycles. The molecule has 0 spiro atoms. The molecule has 0 amide bonds. The molecule has 2 heterocycles. The highest BCUT2D eigenvalue weighted by Gasteiger charge is 2.20. The van der Waals surface area contributed by atoms with Crippen LogP contribution in [0.1, 0.15) is 17.4 Å². The predicted octanol–water partition coefficient (Wildman–Crippen LogP) is 3.07. The standard InChI is InChI=1S/C15H12N2O3/c1-2-19-15(18)14-13(12-8-5-9-20-12)16-10-6-3-4-7-11(10)17-14/h3-9H,2H2,1H3. The molecule has 0 N–H and O–H groups in total. The van der Waals surface area contributed by atoms with Crippen LogP contribution in [0.15, 0.2) is 47.1 Å². The number of aromatic nitrogens is 2. The number of esters is 1. The molecule has 0 atom stereocenters. The number of para-hydroxylation sites is 2. The molecule has 0 saturated carbocycles. The highest BCUT2D eigenvalue weighted by atomic mass is 16.5. The molecule has 0 fully saturated rings. The lowest BCUT2D eigenvalue weighted by Gasteiger charge is -2.07. The number of fused-ring (bicyclic) bond motifs is 1. The SMILES string of the molecule is CCOC(=O)c1nc2ccccc2nc1-c1ccco1. The van der Waals surface area contributed by atoms with E-state index in [0.717, 1.165) is 0 Å². The van der Waals surface area contributed by atoms with E-state index in [2.05, 4.69) is 9.97 Å². The third-order valence-electron chi connectivity index (χ3n) is 2.79. The van der Waals surface area contributed by atoms with Gasteiger partial charge < -0.3 is 9.15 Å². The second kappa shape index (κ2) is 5.13. The zero-order valence-electron chi connectivity index (χ0n) is 10.9. The number of benzene rings is 1. The van der Waals surface area contributed by atoms with Crippen LogP contribution in [0.4, 0.5) is 0 Å². The van der Waals surface area contributed by atoms with Crippen molar-refractivity contribution in [2.24, 2.45) is 0 Å². The Hall–Kier alpha value is -2.69. The van der Waals surface area contributed by atoms with E-state index in [1.807, 2.05) is 18.2 Å². The van der Waals surface area contributed by atoms with E-state index < -0.39 is 5.97 Å². The highest BCUT2D eigenvalue weighted by molar-refractivity contribution is 5.96. The smallest absolute Gasteiger partial charge is 0.359 e. The van der Waals surface area contributed by atoms with Crippen molar-refractivity contribution in [2.75, 3.05) is 6.61 Å². The van der Waals surface area contributed by atoms with Crippen molar-refractivity contribution < 1.29 is 13.9 Å². The zero-order valence-corrected chi connectivity index (χ0v) is 10.9. The topological polar surface area (TPSA) is 65.2 Å². The van der Waals surface area contributed by atoms with Crippen LogP contribution in [0.2, 0.25) is 0 Å². The van der Waals surface area contributed by atoms with Gasteiger partial charge in [0.1, 0.15) is 5.69 Å². The molecule has 5 heteroatoms. The minimum Gasteiger partial charge on any atom is -0.463 e. The molecule has 20 heavy (non-hydrogen) atoms. The van der Waals surface area contributed by atoms with Gasteiger partial charge in [0, 0.05) is 0 Å². The van der Waals surface area contributed by atoms with Crippen LogP contribution in [-0.2, 0) is 4.74 Å². The van der Waals surface area contributed by atoms with Gasteiger partial charge in [0.2, 0.25) is 0 Å². The quantitative estimate of drug-likeness (QED) is 0.683. The molecule has 3 aromatic rings. The fourth-order valence-electron chi connectivity index (χ4n) is 1.93. The Morgan fingerprint density at radius 3 is 2.55 bits per heavy atom. The van der Waals surface area contributed by atoms with Gasteiger partial charge in [0.15, 0.2) is 11.5 Å². The molecule has 0 saturated heterocycles. The summed E-state index contributed by atoms with van der Waals surface area (Å²) in [5.74, 6) is -0.0107. The van der Waals surface area contributed by atoms with Gasteiger partial charge >= 0.3 is 5.97 Å². The largest absolute Gasteiger partial charge is 0.463 e. The lowest BCUT2D eigenvalue weighted by molar-refractivity contribution is 0.0520. The van der Waals surface area contributed by atoms with Crippen LogP contribution in [0.25, 0.3) is 22.5 Å². The number of ether oxygens (including phenoxy) is 1. The van der Waals surface area contributed by atoms with Crippen molar-refractivity contribution in [1.29, 1.82) is 0 Å². The average molecular weight is 268 g/mol. The summed E-state index contributed by atoms with van der Waals surface area (Å²) in [6.45, 7) is 2.03. The minimum absolute atomic E-state index is 0.167. The third kappa shape index (κ3) is 2.14. The molecule has 0 radical (unpaired) electrons. The first-order valence-corrected chi connectivity index (χ1v) is 6.27. The lowest BCUT2D eigenvalue weighted by Crippen LogP contribution is -2.10. The highest BCUT2D eigenvalue weighted by Crippen LogP contribution is 2.24. The van der Waals surface area contributed by atoms with E-state index in [-0.39, 0.29) is 12.3 Å². The number of rotatable bonds is 3. The van der Waals surface area contributed by atoms with Crippen molar-refractivity contribution in [3.63, 3.8) is 0 Å². The van der Waals surface area contributed by atoms with Gasteiger partial charge in [0.25, 0.3) is 0 Å². The Bertz CT molecular complexity index is 751. The summed E-state index contributed by atoms with van der Waals surface area (Å²) < 4.78 is 10.4.